The van der Waals surface area contributed by atoms with Gasteiger partial charge in [-0.15, -0.1) is 0 Å². The largest absolute Gasteiger partial charge is 0.501 e. The zero-order valence-corrected chi connectivity index (χ0v) is 14.3. The third-order valence-electron chi connectivity index (χ3n) is 3.21. The molecule has 0 aliphatic heterocycles. The summed E-state index contributed by atoms with van der Waals surface area (Å²) in [5.74, 6) is 0. The van der Waals surface area contributed by atoms with Crippen molar-refractivity contribution >= 4 is 8.80 Å². The highest BCUT2D eigenvalue weighted by molar-refractivity contribution is 6.60. The molecule has 1 aromatic rings. The summed E-state index contributed by atoms with van der Waals surface area (Å²) in [6, 6.07) is 11.2. The van der Waals surface area contributed by atoms with Crippen molar-refractivity contribution in [3.8, 4) is 0 Å². The molecule has 0 saturated heterocycles. The van der Waals surface area contributed by atoms with E-state index >= 15 is 0 Å². The normalized spacial score (nSPS) is 11.8. The Labute approximate surface area is 130 Å². The van der Waals surface area contributed by atoms with E-state index in [2.05, 4.69) is 24.3 Å². The number of hydrogen-bond donors (Lipinski definition) is 1. The maximum atomic E-state index is 6.07. The van der Waals surface area contributed by atoms with E-state index in [1.54, 1.807) is 0 Å². The van der Waals surface area contributed by atoms with Gasteiger partial charge >= 0.3 is 8.80 Å². The standard InChI is InChI=1S/C16H29NO3Si/c1-3-18-21(19-4-2,20-14-9-8-13-17)15-12-16-10-6-5-7-11-16/h5-7,10-11H,3-4,8-9,12-15,17H2,1-2H3. The van der Waals surface area contributed by atoms with E-state index in [-0.39, 0.29) is 0 Å². The Morgan fingerprint density at radius 3 is 2.19 bits per heavy atom. The number of nitrogens with two attached hydrogens (primary N) is 1. The molecular formula is C16H29NO3Si. The molecule has 0 fully saturated rings. The second-order valence-corrected chi connectivity index (χ2v) is 7.61. The lowest BCUT2D eigenvalue weighted by molar-refractivity contribution is 0.0660. The molecule has 0 atom stereocenters. The monoisotopic (exact) mass is 311 g/mol. The molecule has 4 nitrogen and oxygen atoms in total. The Balaban J connectivity index is 2.59. The van der Waals surface area contributed by atoms with Gasteiger partial charge in [-0.05, 0) is 45.2 Å². The molecule has 0 aliphatic carbocycles. The predicted octanol–water partition coefficient (Wildman–Crippen LogP) is 3.00. The molecule has 0 spiro atoms. The number of aryl methyl sites for hydroxylation is 1. The van der Waals surface area contributed by atoms with Crippen LogP contribution in [0.15, 0.2) is 30.3 Å². The molecule has 0 saturated carbocycles. The van der Waals surface area contributed by atoms with Gasteiger partial charge in [0.25, 0.3) is 0 Å². The van der Waals surface area contributed by atoms with E-state index in [1.807, 2.05) is 19.9 Å². The Morgan fingerprint density at radius 1 is 0.952 bits per heavy atom. The summed E-state index contributed by atoms with van der Waals surface area (Å²) in [4.78, 5) is 0. The fraction of sp³-hybridized carbons (Fsp3) is 0.625. The molecule has 120 valence electrons. The Kier molecular flexibility index (Phi) is 9.53. The molecule has 0 aliphatic rings. The van der Waals surface area contributed by atoms with Gasteiger partial charge in [-0.2, -0.15) is 0 Å². The Bertz CT molecular complexity index is 356. The van der Waals surface area contributed by atoms with Gasteiger partial charge in [-0.25, -0.2) is 0 Å². The lowest BCUT2D eigenvalue weighted by Crippen LogP contribution is -2.46. The molecule has 0 bridgehead atoms. The first-order valence-electron chi connectivity index (χ1n) is 7.92. The molecule has 0 aromatic heterocycles. The van der Waals surface area contributed by atoms with Crippen LogP contribution in [0.3, 0.4) is 0 Å². The van der Waals surface area contributed by atoms with E-state index in [0.29, 0.717) is 26.4 Å². The average molecular weight is 311 g/mol. The summed E-state index contributed by atoms with van der Waals surface area (Å²) >= 11 is 0. The van der Waals surface area contributed by atoms with Crippen LogP contribution in [-0.4, -0.2) is 35.2 Å². The van der Waals surface area contributed by atoms with Gasteiger partial charge in [0.15, 0.2) is 0 Å². The lowest BCUT2D eigenvalue weighted by Gasteiger charge is -2.29. The van der Waals surface area contributed by atoms with Crippen LogP contribution in [0.4, 0.5) is 0 Å². The summed E-state index contributed by atoms with van der Waals surface area (Å²) in [5.41, 5.74) is 6.81. The number of hydrogen-bond acceptors (Lipinski definition) is 4. The van der Waals surface area contributed by atoms with Crippen LogP contribution >= 0.6 is 0 Å². The first kappa shape index (κ1) is 18.3. The number of unbranched alkanes of at least 4 members (excludes halogenated alkanes) is 1. The van der Waals surface area contributed by atoms with E-state index in [1.165, 1.54) is 5.56 Å². The Morgan fingerprint density at radius 2 is 1.62 bits per heavy atom. The topological polar surface area (TPSA) is 53.7 Å². The van der Waals surface area contributed by atoms with Crippen molar-refractivity contribution < 1.29 is 13.3 Å². The van der Waals surface area contributed by atoms with Crippen molar-refractivity contribution in [2.24, 2.45) is 5.73 Å². The van der Waals surface area contributed by atoms with Crippen LogP contribution in [0.2, 0.25) is 6.04 Å². The first-order chi connectivity index (χ1) is 10.3. The summed E-state index contributed by atoms with van der Waals surface area (Å²) in [6.07, 6.45) is 2.85. The fourth-order valence-electron chi connectivity index (χ4n) is 2.20. The molecular weight excluding hydrogens is 282 g/mol. The van der Waals surface area contributed by atoms with Crippen molar-refractivity contribution in [3.05, 3.63) is 35.9 Å². The zero-order valence-electron chi connectivity index (χ0n) is 13.3. The van der Waals surface area contributed by atoms with E-state index in [0.717, 1.165) is 25.3 Å². The summed E-state index contributed by atoms with van der Waals surface area (Å²) in [7, 11) is -2.57. The van der Waals surface area contributed by atoms with Crippen LogP contribution in [-0.2, 0) is 19.7 Å². The lowest BCUT2D eigenvalue weighted by atomic mass is 10.2. The number of rotatable bonds is 12. The third kappa shape index (κ3) is 7.20. The van der Waals surface area contributed by atoms with Gasteiger partial charge in [0.05, 0.1) is 0 Å². The molecule has 1 rings (SSSR count). The highest BCUT2D eigenvalue weighted by Crippen LogP contribution is 2.19. The second-order valence-electron chi connectivity index (χ2n) is 4.88. The van der Waals surface area contributed by atoms with E-state index in [9.17, 15) is 0 Å². The molecule has 0 heterocycles. The van der Waals surface area contributed by atoms with Crippen LogP contribution in [0, 0.1) is 0 Å². The molecule has 5 heteroatoms. The minimum atomic E-state index is -2.57. The summed E-state index contributed by atoms with van der Waals surface area (Å²) in [5, 5.41) is 0. The average Bonchev–Trinajstić information content (AvgIpc) is 2.51. The zero-order chi connectivity index (χ0) is 15.4. The van der Waals surface area contributed by atoms with Crippen LogP contribution in [0.25, 0.3) is 0 Å². The fourth-order valence-corrected chi connectivity index (χ4v) is 4.81. The minimum absolute atomic E-state index is 0.623. The van der Waals surface area contributed by atoms with Gasteiger partial charge in [0, 0.05) is 25.9 Å². The SMILES string of the molecule is CCO[Si](CCc1ccccc1)(OCC)OCCCCN. The molecule has 0 unspecified atom stereocenters. The van der Waals surface area contributed by atoms with E-state index in [4.69, 9.17) is 19.0 Å². The molecule has 1 aromatic carbocycles. The number of benzene rings is 1. The molecule has 0 radical (unpaired) electrons. The smallest absolute Gasteiger partial charge is 0.374 e. The highest BCUT2D eigenvalue weighted by Gasteiger charge is 2.40. The molecule has 0 amide bonds. The quantitative estimate of drug-likeness (QED) is 0.476. The van der Waals surface area contributed by atoms with Gasteiger partial charge < -0.3 is 19.0 Å². The predicted molar refractivity (Wildman–Crippen MR) is 88.2 cm³/mol. The van der Waals surface area contributed by atoms with Crippen molar-refractivity contribution in [3.63, 3.8) is 0 Å². The molecule has 21 heavy (non-hydrogen) atoms. The van der Waals surface area contributed by atoms with Crippen LogP contribution in [0.1, 0.15) is 32.3 Å². The highest BCUT2D eigenvalue weighted by atomic mass is 28.4. The maximum absolute atomic E-state index is 6.07. The van der Waals surface area contributed by atoms with Crippen molar-refractivity contribution in [1.82, 2.24) is 0 Å². The van der Waals surface area contributed by atoms with Crippen molar-refractivity contribution in [1.29, 1.82) is 0 Å². The van der Waals surface area contributed by atoms with Gasteiger partial charge in [-0.3, -0.25) is 0 Å². The van der Waals surface area contributed by atoms with E-state index < -0.39 is 8.80 Å². The third-order valence-corrected chi connectivity index (χ3v) is 6.17. The van der Waals surface area contributed by atoms with Gasteiger partial charge in [0.2, 0.25) is 0 Å². The Hall–Kier alpha value is -0.723. The maximum Gasteiger partial charge on any atom is 0.501 e. The summed E-state index contributed by atoms with van der Waals surface area (Å²) < 4.78 is 17.9. The van der Waals surface area contributed by atoms with Gasteiger partial charge in [-0.1, -0.05) is 30.3 Å². The van der Waals surface area contributed by atoms with Crippen molar-refractivity contribution in [2.75, 3.05) is 26.4 Å². The molecule has 2 N–H and O–H groups in total. The van der Waals surface area contributed by atoms with Crippen LogP contribution in [0.5, 0.6) is 0 Å². The summed E-state index contributed by atoms with van der Waals surface area (Å²) in [6.45, 7) is 6.60. The minimum Gasteiger partial charge on any atom is -0.374 e. The van der Waals surface area contributed by atoms with Crippen molar-refractivity contribution in [2.45, 2.75) is 39.2 Å². The second kappa shape index (κ2) is 10.9. The van der Waals surface area contributed by atoms with Gasteiger partial charge in [0.1, 0.15) is 0 Å². The first-order valence-corrected chi connectivity index (χ1v) is 9.85. The van der Waals surface area contributed by atoms with Crippen LogP contribution < -0.4 is 5.73 Å².